The highest BCUT2D eigenvalue weighted by Gasteiger charge is 2.22. The first-order valence-electron chi connectivity index (χ1n) is 8.10. The van der Waals surface area contributed by atoms with Gasteiger partial charge in [0.2, 0.25) is 0 Å². The molecule has 0 aromatic heterocycles. The molecule has 1 saturated heterocycles. The van der Waals surface area contributed by atoms with E-state index in [0.717, 1.165) is 25.0 Å². The van der Waals surface area contributed by atoms with Crippen LogP contribution in [-0.4, -0.2) is 23.5 Å². The Morgan fingerprint density at radius 1 is 1.15 bits per heavy atom. The van der Waals surface area contributed by atoms with Gasteiger partial charge in [-0.05, 0) is 43.4 Å². The minimum atomic E-state index is 0.547. The van der Waals surface area contributed by atoms with E-state index in [0.29, 0.717) is 6.04 Å². The fourth-order valence-corrected chi connectivity index (χ4v) is 3.01. The van der Waals surface area contributed by atoms with Crippen molar-refractivity contribution in [2.75, 3.05) is 6.54 Å². The highest BCUT2D eigenvalue weighted by Crippen LogP contribution is 2.23. The number of benzene rings is 1. The third kappa shape index (κ3) is 4.60. The van der Waals surface area contributed by atoms with E-state index in [-0.39, 0.29) is 0 Å². The number of nitrogens with zero attached hydrogens (tertiary/aromatic N) is 1. The Kier molecular flexibility index (Phi) is 5.62. The molecule has 0 aliphatic carbocycles. The molecule has 0 bridgehead atoms. The first kappa shape index (κ1) is 15.5. The SMILES string of the molecule is CC1CCN(Cc2ccc(CNC(C)C)cc2)C(C)C1. The van der Waals surface area contributed by atoms with Crippen LogP contribution < -0.4 is 5.32 Å². The topological polar surface area (TPSA) is 15.3 Å². The van der Waals surface area contributed by atoms with Gasteiger partial charge in [-0.3, -0.25) is 4.90 Å². The number of nitrogens with one attached hydrogen (secondary N) is 1. The van der Waals surface area contributed by atoms with Gasteiger partial charge in [0.1, 0.15) is 0 Å². The summed E-state index contributed by atoms with van der Waals surface area (Å²) < 4.78 is 0. The van der Waals surface area contributed by atoms with E-state index in [1.54, 1.807) is 0 Å². The van der Waals surface area contributed by atoms with E-state index >= 15 is 0 Å². The van der Waals surface area contributed by atoms with Crippen LogP contribution in [0.2, 0.25) is 0 Å². The van der Waals surface area contributed by atoms with E-state index < -0.39 is 0 Å². The van der Waals surface area contributed by atoms with Crippen molar-refractivity contribution in [1.82, 2.24) is 10.2 Å². The van der Waals surface area contributed by atoms with E-state index in [1.165, 1.54) is 30.5 Å². The fourth-order valence-electron chi connectivity index (χ4n) is 3.01. The molecule has 2 heteroatoms. The van der Waals surface area contributed by atoms with Crippen LogP contribution in [0.25, 0.3) is 0 Å². The molecule has 1 aromatic carbocycles. The standard InChI is InChI=1S/C18H30N2/c1-14(2)19-12-17-5-7-18(8-6-17)13-20-10-9-15(3)11-16(20)4/h5-8,14-16,19H,9-13H2,1-4H3. The first-order valence-corrected chi connectivity index (χ1v) is 8.10. The van der Waals surface area contributed by atoms with Crippen LogP contribution in [-0.2, 0) is 13.1 Å². The Morgan fingerprint density at radius 2 is 1.80 bits per heavy atom. The highest BCUT2D eigenvalue weighted by molar-refractivity contribution is 5.22. The van der Waals surface area contributed by atoms with Gasteiger partial charge in [-0.25, -0.2) is 0 Å². The summed E-state index contributed by atoms with van der Waals surface area (Å²) in [5, 5.41) is 3.46. The maximum Gasteiger partial charge on any atom is 0.0236 e. The van der Waals surface area contributed by atoms with Gasteiger partial charge in [-0.2, -0.15) is 0 Å². The molecule has 1 aliphatic heterocycles. The summed E-state index contributed by atoms with van der Waals surface area (Å²) in [5.74, 6) is 0.894. The van der Waals surface area contributed by atoms with Crippen LogP contribution in [0.1, 0.15) is 51.7 Å². The lowest BCUT2D eigenvalue weighted by molar-refractivity contribution is 0.122. The Morgan fingerprint density at radius 3 is 2.40 bits per heavy atom. The number of hydrogen-bond acceptors (Lipinski definition) is 2. The smallest absolute Gasteiger partial charge is 0.0236 e. The van der Waals surface area contributed by atoms with Crippen LogP contribution in [0, 0.1) is 5.92 Å². The van der Waals surface area contributed by atoms with E-state index in [1.807, 2.05) is 0 Å². The molecular weight excluding hydrogens is 244 g/mol. The molecule has 1 heterocycles. The normalized spacial score (nSPS) is 24.2. The average Bonchev–Trinajstić information content (AvgIpc) is 2.41. The van der Waals surface area contributed by atoms with Crippen molar-refractivity contribution in [2.24, 2.45) is 5.92 Å². The second-order valence-electron chi connectivity index (χ2n) is 6.80. The van der Waals surface area contributed by atoms with Gasteiger partial charge in [-0.1, -0.05) is 45.0 Å². The third-order valence-electron chi connectivity index (χ3n) is 4.40. The summed E-state index contributed by atoms with van der Waals surface area (Å²) in [6.45, 7) is 12.4. The van der Waals surface area contributed by atoms with Crippen molar-refractivity contribution in [3.63, 3.8) is 0 Å². The van der Waals surface area contributed by atoms with Crippen molar-refractivity contribution in [1.29, 1.82) is 0 Å². The summed E-state index contributed by atoms with van der Waals surface area (Å²) in [7, 11) is 0. The van der Waals surface area contributed by atoms with Crippen molar-refractivity contribution in [3.8, 4) is 0 Å². The molecule has 1 aromatic rings. The molecule has 20 heavy (non-hydrogen) atoms. The zero-order chi connectivity index (χ0) is 14.5. The molecule has 2 nitrogen and oxygen atoms in total. The van der Waals surface area contributed by atoms with Crippen LogP contribution in [0.3, 0.4) is 0 Å². The second kappa shape index (κ2) is 7.24. The van der Waals surface area contributed by atoms with Gasteiger partial charge < -0.3 is 5.32 Å². The molecule has 2 unspecified atom stereocenters. The summed E-state index contributed by atoms with van der Waals surface area (Å²) in [5.41, 5.74) is 2.82. The Hall–Kier alpha value is -0.860. The predicted molar refractivity (Wildman–Crippen MR) is 86.7 cm³/mol. The Labute approximate surface area is 124 Å². The van der Waals surface area contributed by atoms with Gasteiger partial charge in [0.15, 0.2) is 0 Å². The number of likely N-dealkylation sites (tertiary alicyclic amines) is 1. The van der Waals surface area contributed by atoms with Gasteiger partial charge in [0, 0.05) is 25.2 Å². The van der Waals surface area contributed by atoms with Crippen molar-refractivity contribution in [2.45, 2.75) is 65.7 Å². The molecule has 0 saturated carbocycles. The molecule has 1 N–H and O–H groups in total. The van der Waals surface area contributed by atoms with Crippen LogP contribution in [0.15, 0.2) is 24.3 Å². The molecule has 1 fully saturated rings. The molecule has 0 amide bonds. The number of rotatable bonds is 5. The fraction of sp³-hybridized carbons (Fsp3) is 0.667. The summed E-state index contributed by atoms with van der Waals surface area (Å²) in [6, 6.07) is 10.4. The maximum atomic E-state index is 3.46. The van der Waals surface area contributed by atoms with E-state index in [9.17, 15) is 0 Å². The zero-order valence-electron chi connectivity index (χ0n) is 13.5. The van der Waals surface area contributed by atoms with Crippen LogP contribution >= 0.6 is 0 Å². The summed E-state index contributed by atoms with van der Waals surface area (Å²) in [6.07, 6.45) is 2.69. The quantitative estimate of drug-likeness (QED) is 0.878. The monoisotopic (exact) mass is 274 g/mol. The molecule has 2 atom stereocenters. The third-order valence-corrected chi connectivity index (χ3v) is 4.40. The second-order valence-corrected chi connectivity index (χ2v) is 6.80. The lowest BCUT2D eigenvalue weighted by Crippen LogP contribution is -2.39. The first-order chi connectivity index (χ1) is 9.54. The van der Waals surface area contributed by atoms with Gasteiger partial charge in [0.25, 0.3) is 0 Å². The number of hydrogen-bond donors (Lipinski definition) is 1. The minimum Gasteiger partial charge on any atom is -0.310 e. The zero-order valence-corrected chi connectivity index (χ0v) is 13.5. The average molecular weight is 274 g/mol. The van der Waals surface area contributed by atoms with Crippen molar-refractivity contribution < 1.29 is 0 Å². The van der Waals surface area contributed by atoms with Gasteiger partial charge in [-0.15, -0.1) is 0 Å². The lowest BCUT2D eigenvalue weighted by atomic mass is 9.93. The van der Waals surface area contributed by atoms with Crippen molar-refractivity contribution in [3.05, 3.63) is 35.4 Å². The van der Waals surface area contributed by atoms with Crippen molar-refractivity contribution >= 4 is 0 Å². The summed E-state index contributed by atoms with van der Waals surface area (Å²) in [4.78, 5) is 2.63. The van der Waals surface area contributed by atoms with E-state index in [4.69, 9.17) is 0 Å². The highest BCUT2D eigenvalue weighted by atomic mass is 15.2. The molecule has 112 valence electrons. The van der Waals surface area contributed by atoms with Gasteiger partial charge >= 0.3 is 0 Å². The van der Waals surface area contributed by atoms with E-state index in [2.05, 4.69) is 62.2 Å². The molecule has 1 aliphatic rings. The molecular formula is C18H30N2. The molecule has 0 spiro atoms. The maximum absolute atomic E-state index is 3.46. The number of piperidine rings is 1. The lowest BCUT2D eigenvalue weighted by Gasteiger charge is -2.36. The predicted octanol–water partition coefficient (Wildman–Crippen LogP) is 3.81. The van der Waals surface area contributed by atoms with Crippen LogP contribution in [0.4, 0.5) is 0 Å². The van der Waals surface area contributed by atoms with Gasteiger partial charge in [0.05, 0.1) is 0 Å². The molecule has 2 rings (SSSR count). The largest absolute Gasteiger partial charge is 0.310 e. The Balaban J connectivity index is 1.87. The minimum absolute atomic E-state index is 0.547. The van der Waals surface area contributed by atoms with Crippen LogP contribution in [0.5, 0.6) is 0 Å². The summed E-state index contributed by atoms with van der Waals surface area (Å²) >= 11 is 0. The molecule has 0 radical (unpaired) electrons. The Bertz CT molecular complexity index is 396.